The fourth-order valence-corrected chi connectivity index (χ4v) is 5.15. The van der Waals surface area contributed by atoms with Crippen LogP contribution in [-0.2, 0) is 14.3 Å². The van der Waals surface area contributed by atoms with Gasteiger partial charge in [0.1, 0.15) is 12.6 Å². The van der Waals surface area contributed by atoms with Crippen molar-refractivity contribution < 1.29 is 24.2 Å². The van der Waals surface area contributed by atoms with Crippen LogP contribution in [0.2, 0.25) is 0 Å². The largest absolute Gasteiger partial charge is 0.481 e. The van der Waals surface area contributed by atoms with Gasteiger partial charge >= 0.3 is 12.1 Å². The molecule has 180 valence electrons. The molecule has 1 aliphatic heterocycles. The Hall–Kier alpha value is -3.35. The summed E-state index contributed by atoms with van der Waals surface area (Å²) < 4.78 is 5.63. The van der Waals surface area contributed by atoms with Gasteiger partial charge in [0.25, 0.3) is 0 Å². The summed E-state index contributed by atoms with van der Waals surface area (Å²) >= 11 is 0. The van der Waals surface area contributed by atoms with Gasteiger partial charge in [-0.1, -0.05) is 61.9 Å². The van der Waals surface area contributed by atoms with Crippen molar-refractivity contribution in [3.63, 3.8) is 0 Å². The summed E-state index contributed by atoms with van der Waals surface area (Å²) in [6.07, 6.45) is 2.16. The van der Waals surface area contributed by atoms with Crippen LogP contribution in [-0.4, -0.2) is 53.7 Å². The van der Waals surface area contributed by atoms with Gasteiger partial charge in [-0.05, 0) is 47.4 Å². The number of nitrogens with one attached hydrogen (secondary N) is 1. The number of carboxylic acids is 1. The number of nitrogens with zero attached hydrogens (tertiary/aromatic N) is 1. The number of fused-ring (bicyclic) bond motifs is 3. The van der Waals surface area contributed by atoms with E-state index in [0.29, 0.717) is 32.4 Å². The number of likely N-dealkylation sites (tertiary alicyclic amines) is 1. The molecule has 1 atom stereocenters. The highest BCUT2D eigenvalue weighted by Gasteiger charge is 2.32. The van der Waals surface area contributed by atoms with Gasteiger partial charge in [-0.15, -0.1) is 0 Å². The predicted molar refractivity (Wildman–Crippen MR) is 128 cm³/mol. The molecule has 2 amide bonds. The van der Waals surface area contributed by atoms with Crippen molar-refractivity contribution in [1.82, 2.24) is 10.2 Å². The molecule has 0 spiro atoms. The summed E-state index contributed by atoms with van der Waals surface area (Å²) in [7, 11) is 0. The van der Waals surface area contributed by atoms with Crippen LogP contribution in [0.4, 0.5) is 4.79 Å². The van der Waals surface area contributed by atoms with E-state index in [1.807, 2.05) is 31.2 Å². The summed E-state index contributed by atoms with van der Waals surface area (Å²) in [5.74, 6) is -0.859. The Bertz CT molecular complexity index is 999. The summed E-state index contributed by atoms with van der Waals surface area (Å²) in [4.78, 5) is 38.5. The SMILES string of the molecule is CCC[C@@H](NC(=O)OCC1c2ccccc2-c2ccccc21)C(=O)N1CCC(CC(=O)O)CC1. The van der Waals surface area contributed by atoms with Crippen LogP contribution in [0, 0.1) is 5.92 Å². The second-order valence-electron chi connectivity index (χ2n) is 9.18. The number of alkyl carbamates (subject to hydrolysis) is 1. The van der Waals surface area contributed by atoms with Crippen molar-refractivity contribution in [1.29, 1.82) is 0 Å². The van der Waals surface area contributed by atoms with Crippen LogP contribution < -0.4 is 5.32 Å². The van der Waals surface area contributed by atoms with E-state index in [-0.39, 0.29) is 30.8 Å². The molecule has 2 aliphatic rings. The molecule has 1 fully saturated rings. The summed E-state index contributed by atoms with van der Waals surface area (Å²) in [5.41, 5.74) is 4.61. The van der Waals surface area contributed by atoms with Crippen LogP contribution in [0.5, 0.6) is 0 Å². The number of hydrogen-bond acceptors (Lipinski definition) is 4. The highest BCUT2D eigenvalue weighted by Crippen LogP contribution is 2.44. The molecule has 0 aromatic heterocycles. The van der Waals surface area contributed by atoms with E-state index in [0.717, 1.165) is 28.7 Å². The predicted octanol–water partition coefficient (Wildman–Crippen LogP) is 4.41. The Morgan fingerprint density at radius 2 is 1.62 bits per heavy atom. The van der Waals surface area contributed by atoms with Crippen LogP contribution in [0.25, 0.3) is 11.1 Å². The molecule has 0 radical (unpaired) electrons. The zero-order valence-corrected chi connectivity index (χ0v) is 19.5. The maximum atomic E-state index is 13.1. The Labute approximate surface area is 200 Å². The summed E-state index contributed by atoms with van der Waals surface area (Å²) in [5, 5.41) is 11.8. The average Bonchev–Trinajstić information content (AvgIpc) is 3.16. The molecule has 2 N–H and O–H groups in total. The average molecular weight is 465 g/mol. The standard InChI is InChI=1S/C27H32N2O5/c1-2-7-24(26(32)29-14-12-18(13-15-29)16-25(30)31)28-27(33)34-17-23-21-10-5-3-8-19(21)20-9-4-6-11-22(20)23/h3-6,8-11,18,23-24H,2,7,12-17H2,1H3,(H,28,33)(H,30,31)/t24-/m1/s1. The first-order valence-corrected chi connectivity index (χ1v) is 12.1. The van der Waals surface area contributed by atoms with Crippen molar-refractivity contribution in [2.75, 3.05) is 19.7 Å². The van der Waals surface area contributed by atoms with E-state index in [1.54, 1.807) is 4.90 Å². The molecule has 0 unspecified atom stereocenters. The first-order chi connectivity index (χ1) is 16.5. The van der Waals surface area contributed by atoms with Crippen molar-refractivity contribution in [2.24, 2.45) is 5.92 Å². The molecule has 7 nitrogen and oxygen atoms in total. The second-order valence-corrected chi connectivity index (χ2v) is 9.18. The zero-order chi connectivity index (χ0) is 24.1. The first-order valence-electron chi connectivity index (χ1n) is 12.1. The highest BCUT2D eigenvalue weighted by molar-refractivity contribution is 5.86. The molecule has 34 heavy (non-hydrogen) atoms. The number of benzene rings is 2. The molecule has 7 heteroatoms. The summed E-state index contributed by atoms with van der Waals surface area (Å²) in [6.45, 7) is 3.21. The fourth-order valence-electron chi connectivity index (χ4n) is 5.15. The lowest BCUT2D eigenvalue weighted by Gasteiger charge is -2.34. The molecule has 1 saturated heterocycles. The van der Waals surface area contributed by atoms with Crippen molar-refractivity contribution in [2.45, 2.75) is 51.0 Å². The van der Waals surface area contributed by atoms with Gasteiger partial charge < -0.3 is 20.1 Å². The molecular weight excluding hydrogens is 432 g/mol. The molecule has 2 aromatic rings. The van der Waals surface area contributed by atoms with E-state index < -0.39 is 18.1 Å². The van der Waals surface area contributed by atoms with E-state index in [9.17, 15) is 14.4 Å². The quantitative estimate of drug-likeness (QED) is 0.603. The lowest BCUT2D eigenvalue weighted by molar-refractivity contribution is -0.139. The minimum Gasteiger partial charge on any atom is -0.481 e. The zero-order valence-electron chi connectivity index (χ0n) is 19.5. The second kappa shape index (κ2) is 10.7. The number of carbonyl (C=O) groups excluding carboxylic acids is 2. The molecule has 1 aliphatic carbocycles. The third kappa shape index (κ3) is 5.24. The Balaban J connectivity index is 1.35. The van der Waals surface area contributed by atoms with Crippen molar-refractivity contribution in [3.8, 4) is 11.1 Å². The van der Waals surface area contributed by atoms with Gasteiger partial charge in [-0.3, -0.25) is 9.59 Å². The van der Waals surface area contributed by atoms with Crippen LogP contribution in [0.3, 0.4) is 0 Å². The van der Waals surface area contributed by atoms with E-state index in [4.69, 9.17) is 9.84 Å². The molecule has 0 bridgehead atoms. The summed E-state index contributed by atoms with van der Waals surface area (Å²) in [6, 6.07) is 15.7. The van der Waals surface area contributed by atoms with Crippen LogP contribution in [0.15, 0.2) is 48.5 Å². The van der Waals surface area contributed by atoms with Gasteiger partial charge in [-0.25, -0.2) is 4.79 Å². The molecule has 0 saturated carbocycles. The Morgan fingerprint density at radius 3 is 2.18 bits per heavy atom. The smallest absolute Gasteiger partial charge is 0.407 e. The monoisotopic (exact) mass is 464 g/mol. The van der Waals surface area contributed by atoms with E-state index >= 15 is 0 Å². The normalized spacial score (nSPS) is 16.4. The van der Waals surface area contributed by atoms with Gasteiger partial charge in [0, 0.05) is 25.4 Å². The Kier molecular flexibility index (Phi) is 7.50. The topological polar surface area (TPSA) is 95.9 Å². The number of carboxylic acid groups (broad SMARTS) is 1. The van der Waals surface area contributed by atoms with Gasteiger partial charge in [0.2, 0.25) is 5.91 Å². The third-order valence-corrected chi connectivity index (χ3v) is 6.90. The van der Waals surface area contributed by atoms with Crippen molar-refractivity contribution >= 4 is 18.0 Å². The molecule has 1 heterocycles. The highest BCUT2D eigenvalue weighted by atomic mass is 16.5. The molecule has 4 rings (SSSR count). The minimum absolute atomic E-state index is 0.0354. The van der Waals surface area contributed by atoms with Crippen molar-refractivity contribution in [3.05, 3.63) is 59.7 Å². The fraction of sp³-hybridized carbons (Fsp3) is 0.444. The molecular formula is C27H32N2O5. The number of hydrogen-bond donors (Lipinski definition) is 2. The van der Waals surface area contributed by atoms with Crippen LogP contribution in [0.1, 0.15) is 56.1 Å². The maximum absolute atomic E-state index is 13.1. The van der Waals surface area contributed by atoms with E-state index in [1.165, 1.54) is 0 Å². The first kappa shape index (κ1) is 23.8. The van der Waals surface area contributed by atoms with Crippen LogP contribution >= 0.6 is 0 Å². The number of aliphatic carboxylic acids is 1. The Morgan fingerprint density at radius 1 is 1.03 bits per heavy atom. The van der Waals surface area contributed by atoms with E-state index in [2.05, 4.69) is 29.6 Å². The number of piperidine rings is 1. The lowest BCUT2D eigenvalue weighted by atomic mass is 9.93. The minimum atomic E-state index is -0.800. The maximum Gasteiger partial charge on any atom is 0.407 e. The van der Waals surface area contributed by atoms with Gasteiger partial charge in [0.05, 0.1) is 0 Å². The number of carbonyl (C=O) groups is 3. The number of ether oxygens (including phenoxy) is 1. The number of amides is 2. The molecule has 2 aromatic carbocycles. The van der Waals surface area contributed by atoms with Gasteiger partial charge in [-0.2, -0.15) is 0 Å². The third-order valence-electron chi connectivity index (χ3n) is 6.90. The van der Waals surface area contributed by atoms with Gasteiger partial charge in [0.15, 0.2) is 0 Å². The number of rotatable bonds is 8. The lowest BCUT2D eigenvalue weighted by Crippen LogP contribution is -2.51.